The van der Waals surface area contributed by atoms with Gasteiger partial charge in [-0.25, -0.2) is 0 Å². The standard InChI is InChI=1S/C13H11N3O3S/c1-19-11-4-2-3-10(6-14)13(11)15-7-9-5-12(16(17)18)20-8-9/h2-5,8,15H,7H2,1H3. The van der Waals surface area contributed by atoms with Crippen molar-refractivity contribution in [2.45, 2.75) is 6.54 Å². The van der Waals surface area contributed by atoms with E-state index in [4.69, 9.17) is 10.00 Å². The van der Waals surface area contributed by atoms with Crippen LogP contribution < -0.4 is 10.1 Å². The predicted octanol–water partition coefficient (Wildman–Crippen LogP) is 3.15. The molecule has 0 aliphatic carbocycles. The fraction of sp³-hybridized carbons (Fsp3) is 0.154. The zero-order valence-electron chi connectivity index (χ0n) is 10.6. The van der Waals surface area contributed by atoms with Crippen molar-refractivity contribution in [3.05, 3.63) is 50.9 Å². The zero-order valence-corrected chi connectivity index (χ0v) is 11.4. The van der Waals surface area contributed by atoms with Crippen molar-refractivity contribution in [3.63, 3.8) is 0 Å². The van der Waals surface area contributed by atoms with Crippen LogP contribution in [0.15, 0.2) is 29.6 Å². The SMILES string of the molecule is COc1cccc(C#N)c1NCc1csc([N+](=O)[O-])c1. The molecule has 0 radical (unpaired) electrons. The average Bonchev–Trinajstić information content (AvgIpc) is 2.93. The molecular weight excluding hydrogens is 278 g/mol. The Bertz CT molecular complexity index is 676. The minimum absolute atomic E-state index is 0.0994. The number of anilines is 1. The first-order chi connectivity index (χ1) is 9.65. The summed E-state index contributed by atoms with van der Waals surface area (Å²) in [5.41, 5.74) is 1.84. The molecule has 0 unspecified atom stereocenters. The molecule has 0 aliphatic heterocycles. The number of nitrogens with zero attached hydrogens (tertiary/aromatic N) is 2. The van der Waals surface area contributed by atoms with Gasteiger partial charge in [0.2, 0.25) is 0 Å². The van der Waals surface area contributed by atoms with Crippen molar-refractivity contribution in [2.24, 2.45) is 0 Å². The summed E-state index contributed by atoms with van der Waals surface area (Å²) in [7, 11) is 1.52. The first-order valence-electron chi connectivity index (χ1n) is 5.68. The largest absolute Gasteiger partial charge is 0.495 e. The number of nitrogens with one attached hydrogen (secondary N) is 1. The molecule has 2 rings (SSSR count). The number of thiophene rings is 1. The molecule has 0 saturated carbocycles. The Hall–Kier alpha value is -2.59. The number of hydrogen-bond acceptors (Lipinski definition) is 6. The molecule has 0 amide bonds. The summed E-state index contributed by atoms with van der Waals surface area (Å²) in [5, 5.41) is 24.6. The van der Waals surface area contributed by atoms with Crippen LogP contribution in [0.2, 0.25) is 0 Å². The molecule has 1 heterocycles. The number of methoxy groups -OCH3 is 1. The van der Waals surface area contributed by atoms with Crippen LogP contribution in [0.5, 0.6) is 5.75 Å². The van der Waals surface area contributed by atoms with Crippen LogP contribution in [0.4, 0.5) is 10.7 Å². The van der Waals surface area contributed by atoms with E-state index in [0.717, 1.165) is 16.9 Å². The van der Waals surface area contributed by atoms with E-state index in [1.807, 2.05) is 0 Å². The Balaban J connectivity index is 2.18. The second-order valence-corrected chi connectivity index (χ2v) is 4.79. The number of ether oxygens (including phenoxy) is 1. The van der Waals surface area contributed by atoms with Crippen LogP contribution in [0.1, 0.15) is 11.1 Å². The lowest BCUT2D eigenvalue weighted by Crippen LogP contribution is -2.02. The quantitative estimate of drug-likeness (QED) is 0.674. The molecule has 1 aromatic heterocycles. The lowest BCUT2D eigenvalue weighted by molar-refractivity contribution is -0.380. The fourth-order valence-corrected chi connectivity index (χ4v) is 2.45. The van der Waals surface area contributed by atoms with E-state index >= 15 is 0 Å². The van der Waals surface area contributed by atoms with Crippen LogP contribution in [0.3, 0.4) is 0 Å². The molecule has 0 saturated heterocycles. The third-order valence-electron chi connectivity index (χ3n) is 2.66. The first-order valence-corrected chi connectivity index (χ1v) is 6.56. The molecule has 6 nitrogen and oxygen atoms in total. The molecule has 0 spiro atoms. The molecule has 1 N–H and O–H groups in total. The van der Waals surface area contributed by atoms with E-state index < -0.39 is 4.92 Å². The van der Waals surface area contributed by atoms with Gasteiger partial charge in [0.25, 0.3) is 0 Å². The smallest absolute Gasteiger partial charge is 0.324 e. The molecule has 7 heteroatoms. The van der Waals surface area contributed by atoms with Crippen molar-refractivity contribution in [3.8, 4) is 11.8 Å². The third-order valence-corrected chi connectivity index (χ3v) is 3.58. The van der Waals surface area contributed by atoms with Crippen LogP contribution >= 0.6 is 11.3 Å². The van der Waals surface area contributed by atoms with Gasteiger partial charge in [0.15, 0.2) is 0 Å². The second-order valence-electron chi connectivity index (χ2n) is 3.90. The van der Waals surface area contributed by atoms with E-state index in [1.165, 1.54) is 13.2 Å². The number of rotatable bonds is 5. The Morgan fingerprint density at radius 3 is 2.95 bits per heavy atom. The second kappa shape index (κ2) is 6.04. The van der Waals surface area contributed by atoms with Gasteiger partial charge in [0.1, 0.15) is 11.8 Å². The van der Waals surface area contributed by atoms with Crippen molar-refractivity contribution in [1.29, 1.82) is 5.26 Å². The van der Waals surface area contributed by atoms with Gasteiger partial charge in [-0.05, 0) is 17.7 Å². The topological polar surface area (TPSA) is 88.2 Å². The van der Waals surface area contributed by atoms with E-state index in [2.05, 4.69) is 11.4 Å². The highest BCUT2D eigenvalue weighted by molar-refractivity contribution is 7.13. The van der Waals surface area contributed by atoms with Crippen LogP contribution in [-0.2, 0) is 6.54 Å². The summed E-state index contributed by atoms with van der Waals surface area (Å²) >= 11 is 1.08. The molecule has 0 aliphatic rings. The molecule has 0 bridgehead atoms. The van der Waals surface area contributed by atoms with E-state index in [1.54, 1.807) is 23.6 Å². The maximum Gasteiger partial charge on any atom is 0.324 e. The third kappa shape index (κ3) is 2.87. The highest BCUT2D eigenvalue weighted by Crippen LogP contribution is 2.29. The minimum Gasteiger partial charge on any atom is -0.495 e. The van der Waals surface area contributed by atoms with Gasteiger partial charge in [-0.3, -0.25) is 10.1 Å². The first kappa shape index (κ1) is 13.8. The average molecular weight is 289 g/mol. The van der Waals surface area contributed by atoms with Crippen molar-refractivity contribution < 1.29 is 9.66 Å². The molecule has 20 heavy (non-hydrogen) atoms. The lowest BCUT2D eigenvalue weighted by Gasteiger charge is -2.11. The normalized spacial score (nSPS) is 9.80. The summed E-state index contributed by atoms with van der Waals surface area (Å²) in [6.07, 6.45) is 0. The van der Waals surface area contributed by atoms with E-state index in [0.29, 0.717) is 23.5 Å². The van der Waals surface area contributed by atoms with Gasteiger partial charge in [0, 0.05) is 18.0 Å². The van der Waals surface area contributed by atoms with Gasteiger partial charge >= 0.3 is 5.00 Å². The highest BCUT2D eigenvalue weighted by Gasteiger charge is 2.12. The lowest BCUT2D eigenvalue weighted by atomic mass is 10.1. The molecular formula is C13H11N3O3S. The number of nitro groups is 1. The summed E-state index contributed by atoms with van der Waals surface area (Å²) in [6.45, 7) is 0.388. The molecule has 0 atom stereocenters. The Labute approximate surface area is 119 Å². The van der Waals surface area contributed by atoms with Crippen molar-refractivity contribution in [2.75, 3.05) is 12.4 Å². The van der Waals surface area contributed by atoms with Gasteiger partial charge in [-0.15, -0.1) is 0 Å². The number of hydrogen-bond donors (Lipinski definition) is 1. The highest BCUT2D eigenvalue weighted by atomic mass is 32.1. The van der Waals surface area contributed by atoms with Crippen molar-refractivity contribution in [1.82, 2.24) is 0 Å². The summed E-state index contributed by atoms with van der Waals surface area (Å²) < 4.78 is 5.20. The zero-order chi connectivity index (χ0) is 14.5. The summed E-state index contributed by atoms with van der Waals surface area (Å²) in [4.78, 5) is 10.2. The van der Waals surface area contributed by atoms with Crippen LogP contribution in [-0.4, -0.2) is 12.0 Å². The maximum atomic E-state index is 10.6. The molecule has 0 fully saturated rings. The summed E-state index contributed by atoms with van der Waals surface area (Å²) in [5.74, 6) is 0.564. The monoisotopic (exact) mass is 289 g/mol. The number of nitriles is 1. The van der Waals surface area contributed by atoms with Gasteiger partial charge in [-0.1, -0.05) is 17.4 Å². The number of benzene rings is 1. The van der Waals surface area contributed by atoms with Crippen molar-refractivity contribution >= 4 is 22.0 Å². The van der Waals surface area contributed by atoms with Gasteiger partial charge < -0.3 is 10.1 Å². The number of para-hydroxylation sites is 1. The molecule has 102 valence electrons. The summed E-state index contributed by atoms with van der Waals surface area (Å²) in [6, 6.07) is 8.76. The van der Waals surface area contributed by atoms with Gasteiger partial charge in [0.05, 0.1) is 23.3 Å². The Kier molecular flexibility index (Phi) is 4.17. The van der Waals surface area contributed by atoms with E-state index in [9.17, 15) is 10.1 Å². The van der Waals surface area contributed by atoms with Crippen LogP contribution in [0, 0.1) is 21.4 Å². The Morgan fingerprint density at radius 1 is 1.55 bits per heavy atom. The van der Waals surface area contributed by atoms with Crippen LogP contribution in [0.25, 0.3) is 0 Å². The molecule has 1 aromatic carbocycles. The predicted molar refractivity (Wildman–Crippen MR) is 76.0 cm³/mol. The fourth-order valence-electron chi connectivity index (χ4n) is 1.72. The van der Waals surface area contributed by atoms with E-state index in [-0.39, 0.29) is 5.00 Å². The molecule has 2 aromatic rings. The van der Waals surface area contributed by atoms with Gasteiger partial charge in [-0.2, -0.15) is 5.26 Å². The Morgan fingerprint density at radius 2 is 2.35 bits per heavy atom. The maximum absolute atomic E-state index is 10.6. The minimum atomic E-state index is -0.419.